The van der Waals surface area contributed by atoms with Gasteiger partial charge in [-0.25, -0.2) is 13.2 Å². The molecular formula is C23H32N2O6S. The van der Waals surface area contributed by atoms with Gasteiger partial charge >= 0.3 is 5.97 Å². The summed E-state index contributed by atoms with van der Waals surface area (Å²) in [4.78, 5) is 25.9. The van der Waals surface area contributed by atoms with Gasteiger partial charge in [-0.2, -0.15) is 4.31 Å². The molecule has 8 nitrogen and oxygen atoms in total. The van der Waals surface area contributed by atoms with Gasteiger partial charge in [0.05, 0.1) is 25.2 Å². The molecule has 176 valence electrons. The topological polar surface area (TPSA) is 94.9 Å². The van der Waals surface area contributed by atoms with Gasteiger partial charge in [-0.3, -0.25) is 4.79 Å². The summed E-state index contributed by atoms with van der Waals surface area (Å²) in [7, 11) is 0.492. The van der Waals surface area contributed by atoms with Crippen LogP contribution in [0.25, 0.3) is 0 Å². The van der Waals surface area contributed by atoms with Crippen molar-refractivity contribution in [2.75, 3.05) is 20.8 Å². The molecule has 2 aromatic rings. The Labute approximate surface area is 190 Å². The number of aromatic nitrogens is 1. The first-order chi connectivity index (χ1) is 14.9. The van der Waals surface area contributed by atoms with Crippen LogP contribution in [0, 0.1) is 19.8 Å². The lowest BCUT2D eigenvalue weighted by atomic mass is 10.0. The molecule has 9 heteroatoms. The summed E-state index contributed by atoms with van der Waals surface area (Å²) in [6.07, 6.45) is 0. The monoisotopic (exact) mass is 464 g/mol. The molecule has 0 spiro atoms. The van der Waals surface area contributed by atoms with Crippen molar-refractivity contribution in [3.05, 3.63) is 46.8 Å². The van der Waals surface area contributed by atoms with Gasteiger partial charge in [0.15, 0.2) is 5.78 Å². The van der Waals surface area contributed by atoms with Crippen molar-refractivity contribution in [2.24, 2.45) is 13.0 Å². The number of sulfonamides is 1. The summed E-state index contributed by atoms with van der Waals surface area (Å²) in [5.41, 5.74) is 1.65. The molecule has 0 saturated heterocycles. The van der Waals surface area contributed by atoms with Crippen molar-refractivity contribution < 1.29 is 27.5 Å². The van der Waals surface area contributed by atoms with Crippen LogP contribution in [0.4, 0.5) is 0 Å². The van der Waals surface area contributed by atoms with Gasteiger partial charge in [0, 0.05) is 24.8 Å². The highest BCUT2D eigenvalue weighted by atomic mass is 32.2. The average Bonchev–Trinajstić information content (AvgIpc) is 2.98. The fourth-order valence-corrected chi connectivity index (χ4v) is 5.53. The summed E-state index contributed by atoms with van der Waals surface area (Å²) in [5.74, 6) is -0.399. The highest BCUT2D eigenvalue weighted by Crippen LogP contribution is 2.28. The molecule has 1 aromatic heterocycles. The van der Waals surface area contributed by atoms with E-state index in [0.717, 1.165) is 0 Å². The van der Waals surface area contributed by atoms with E-state index in [1.54, 1.807) is 44.5 Å². The van der Waals surface area contributed by atoms with Gasteiger partial charge in [-0.1, -0.05) is 13.8 Å². The molecule has 0 aliphatic heterocycles. The van der Waals surface area contributed by atoms with Crippen molar-refractivity contribution >= 4 is 21.8 Å². The van der Waals surface area contributed by atoms with E-state index in [1.807, 2.05) is 13.8 Å². The normalized spacial score (nSPS) is 12.8. The maximum Gasteiger partial charge on any atom is 0.354 e. The molecule has 2 rings (SSSR count). The van der Waals surface area contributed by atoms with Crippen LogP contribution < -0.4 is 4.74 Å². The maximum absolute atomic E-state index is 13.6. The third-order valence-corrected chi connectivity index (χ3v) is 7.53. The van der Waals surface area contributed by atoms with E-state index < -0.39 is 22.0 Å². The Bertz CT molecular complexity index is 1100. The summed E-state index contributed by atoms with van der Waals surface area (Å²) in [6, 6.07) is 5.09. The molecule has 0 radical (unpaired) electrons. The zero-order valence-electron chi connectivity index (χ0n) is 19.9. The Morgan fingerprint density at radius 2 is 1.62 bits per heavy atom. The predicted molar refractivity (Wildman–Crippen MR) is 122 cm³/mol. The molecule has 0 aliphatic carbocycles. The fourth-order valence-electron chi connectivity index (χ4n) is 3.77. The van der Waals surface area contributed by atoms with Crippen LogP contribution in [0.5, 0.6) is 5.75 Å². The SMILES string of the molecule is COC(=O)c1c(C)c(C(=O)C(C)N(CC(C)C)S(=O)(=O)c2ccc(OC)cc2)c(C)n1C. The molecule has 1 atom stereocenters. The number of rotatable bonds is 9. The van der Waals surface area contributed by atoms with Crippen molar-refractivity contribution in [1.29, 1.82) is 0 Å². The molecule has 0 amide bonds. The molecule has 0 fully saturated rings. The number of methoxy groups -OCH3 is 2. The summed E-state index contributed by atoms with van der Waals surface area (Å²) in [5, 5.41) is 0. The highest BCUT2D eigenvalue weighted by molar-refractivity contribution is 7.89. The Morgan fingerprint density at radius 1 is 1.06 bits per heavy atom. The van der Waals surface area contributed by atoms with Crippen LogP contribution >= 0.6 is 0 Å². The number of carbonyl (C=O) groups excluding carboxylic acids is 2. The van der Waals surface area contributed by atoms with Crippen LogP contribution in [0.3, 0.4) is 0 Å². The molecule has 0 saturated carbocycles. The van der Waals surface area contributed by atoms with E-state index in [2.05, 4.69) is 0 Å². The number of hydrogen-bond donors (Lipinski definition) is 0. The number of benzene rings is 1. The van der Waals surface area contributed by atoms with E-state index >= 15 is 0 Å². The summed E-state index contributed by atoms with van der Waals surface area (Å²) in [6.45, 7) is 8.92. The second kappa shape index (κ2) is 9.87. The van der Waals surface area contributed by atoms with E-state index in [0.29, 0.717) is 22.6 Å². The van der Waals surface area contributed by atoms with E-state index in [4.69, 9.17) is 9.47 Å². The molecule has 1 aromatic carbocycles. The van der Waals surface area contributed by atoms with Gasteiger partial charge < -0.3 is 14.0 Å². The zero-order valence-corrected chi connectivity index (χ0v) is 20.7. The van der Waals surface area contributed by atoms with Crippen LogP contribution in [-0.2, 0) is 21.8 Å². The molecule has 32 heavy (non-hydrogen) atoms. The van der Waals surface area contributed by atoms with Crippen LogP contribution in [0.15, 0.2) is 29.2 Å². The number of nitrogens with zero attached hydrogens (tertiary/aromatic N) is 2. The van der Waals surface area contributed by atoms with Gasteiger partial charge in [0.1, 0.15) is 11.4 Å². The van der Waals surface area contributed by atoms with Gasteiger partial charge in [0.25, 0.3) is 0 Å². The van der Waals surface area contributed by atoms with Crippen LogP contribution in [0.2, 0.25) is 0 Å². The Balaban J connectivity index is 2.55. The molecular weight excluding hydrogens is 432 g/mol. The van der Waals surface area contributed by atoms with Crippen molar-refractivity contribution in [1.82, 2.24) is 8.87 Å². The molecule has 1 unspecified atom stereocenters. The first-order valence-corrected chi connectivity index (χ1v) is 11.8. The Hall–Kier alpha value is -2.65. The van der Waals surface area contributed by atoms with E-state index in [-0.39, 0.29) is 28.8 Å². The highest BCUT2D eigenvalue weighted by Gasteiger charge is 2.36. The van der Waals surface area contributed by atoms with Crippen molar-refractivity contribution in [2.45, 2.75) is 45.6 Å². The van der Waals surface area contributed by atoms with Gasteiger partial charge in [-0.15, -0.1) is 0 Å². The van der Waals surface area contributed by atoms with Crippen LogP contribution in [0.1, 0.15) is 52.9 Å². The molecule has 1 heterocycles. The van der Waals surface area contributed by atoms with Crippen molar-refractivity contribution in [3.8, 4) is 5.75 Å². The second-order valence-electron chi connectivity index (χ2n) is 8.17. The molecule has 0 aliphatic rings. The zero-order chi connectivity index (χ0) is 24.4. The maximum atomic E-state index is 13.6. The minimum Gasteiger partial charge on any atom is -0.497 e. The summed E-state index contributed by atoms with van der Waals surface area (Å²) < 4.78 is 39.8. The lowest BCUT2D eigenvalue weighted by Gasteiger charge is -2.29. The van der Waals surface area contributed by atoms with Crippen LogP contribution in [-0.4, -0.2) is 55.8 Å². The third kappa shape index (κ3) is 4.73. The summed E-state index contributed by atoms with van der Waals surface area (Å²) >= 11 is 0. The number of ketones is 1. The average molecular weight is 465 g/mol. The number of esters is 1. The number of Topliss-reactive ketones (excluding diaryl/α,β-unsaturated/α-hetero) is 1. The Kier molecular flexibility index (Phi) is 7.90. The Morgan fingerprint density at radius 3 is 2.09 bits per heavy atom. The largest absolute Gasteiger partial charge is 0.497 e. The van der Waals surface area contributed by atoms with E-state index in [1.165, 1.54) is 30.7 Å². The first-order valence-electron chi connectivity index (χ1n) is 10.3. The third-order valence-electron chi connectivity index (χ3n) is 5.58. The molecule has 0 N–H and O–H groups in total. The lowest BCUT2D eigenvalue weighted by Crippen LogP contribution is -2.45. The van der Waals surface area contributed by atoms with E-state index in [9.17, 15) is 18.0 Å². The van der Waals surface area contributed by atoms with Gasteiger partial charge in [-0.05, 0) is 56.5 Å². The number of hydrogen-bond acceptors (Lipinski definition) is 6. The number of carbonyl (C=O) groups is 2. The quantitative estimate of drug-likeness (QED) is 0.417. The standard InChI is InChI=1S/C23H32N2O6S/c1-14(2)13-25(32(28,29)19-11-9-18(30-7)10-12-19)17(5)22(26)20-15(3)21(23(27)31-8)24(6)16(20)4/h9-12,14,17H,13H2,1-8H3. The lowest BCUT2D eigenvalue weighted by molar-refractivity contribution is 0.0588. The first kappa shape index (κ1) is 25.6. The van der Waals surface area contributed by atoms with Gasteiger partial charge in [0.2, 0.25) is 10.0 Å². The predicted octanol–water partition coefficient (Wildman–Crippen LogP) is 3.36. The number of ether oxygens (including phenoxy) is 2. The fraction of sp³-hybridized carbons (Fsp3) is 0.478. The molecule has 0 bridgehead atoms. The second-order valence-corrected chi connectivity index (χ2v) is 10.1. The smallest absolute Gasteiger partial charge is 0.354 e. The minimum absolute atomic E-state index is 0.0122. The minimum atomic E-state index is -3.96. The van der Waals surface area contributed by atoms with Crippen molar-refractivity contribution in [3.63, 3.8) is 0 Å².